The van der Waals surface area contributed by atoms with Gasteiger partial charge in [-0.15, -0.1) is 0 Å². The molecule has 0 bridgehead atoms. The smallest absolute Gasteiger partial charge is 0.244 e. The third-order valence-corrected chi connectivity index (χ3v) is 7.76. The molecule has 12 heteroatoms. The Morgan fingerprint density at radius 3 is 2.24 bits per heavy atom. The molecule has 0 aliphatic rings. The molecule has 0 aliphatic carbocycles. The standard InChI is InChI=1S/C26H25Cl3FN3O4S/c1-31-26(35)24(12-17-6-4-3-5-7-17)32(15-18-8-9-19(27)13-21(18)28)25(34)16-33(38(2,36)37)20-10-11-23(30)22(29)14-20/h3-11,13-14,24H,12,15-16H2,1-2H3,(H,31,35)/t24-/m1/s1. The lowest BCUT2D eigenvalue weighted by atomic mass is 10.0. The van der Waals surface area contributed by atoms with Crippen LogP contribution in [0.15, 0.2) is 66.7 Å². The predicted molar refractivity (Wildman–Crippen MR) is 149 cm³/mol. The number of benzene rings is 3. The van der Waals surface area contributed by atoms with E-state index in [0.717, 1.165) is 28.3 Å². The molecule has 0 saturated heterocycles. The second-order valence-corrected chi connectivity index (χ2v) is 11.6. The molecule has 0 spiro atoms. The van der Waals surface area contributed by atoms with Gasteiger partial charge in [-0.05, 0) is 41.5 Å². The number of sulfonamides is 1. The van der Waals surface area contributed by atoms with E-state index in [0.29, 0.717) is 10.6 Å². The fourth-order valence-electron chi connectivity index (χ4n) is 3.81. The van der Waals surface area contributed by atoms with Crippen molar-refractivity contribution in [1.82, 2.24) is 10.2 Å². The van der Waals surface area contributed by atoms with Gasteiger partial charge in [0.25, 0.3) is 0 Å². The lowest BCUT2D eigenvalue weighted by Crippen LogP contribution is -2.52. The molecule has 0 saturated carbocycles. The molecule has 0 aromatic heterocycles. The highest BCUT2D eigenvalue weighted by Crippen LogP contribution is 2.27. The van der Waals surface area contributed by atoms with E-state index in [1.54, 1.807) is 12.1 Å². The highest BCUT2D eigenvalue weighted by molar-refractivity contribution is 7.92. The zero-order valence-electron chi connectivity index (χ0n) is 20.5. The Morgan fingerprint density at radius 1 is 0.974 bits per heavy atom. The van der Waals surface area contributed by atoms with Gasteiger partial charge in [-0.3, -0.25) is 13.9 Å². The number of carbonyl (C=O) groups excluding carboxylic acids is 2. The van der Waals surface area contributed by atoms with Crippen LogP contribution in [0.3, 0.4) is 0 Å². The molecule has 0 aliphatic heterocycles. The van der Waals surface area contributed by atoms with E-state index in [1.807, 2.05) is 30.3 Å². The molecule has 1 N–H and O–H groups in total. The first-order valence-electron chi connectivity index (χ1n) is 11.3. The average Bonchev–Trinajstić information content (AvgIpc) is 2.87. The lowest BCUT2D eigenvalue weighted by molar-refractivity contribution is -0.139. The molecular weight excluding hydrogens is 576 g/mol. The number of hydrogen-bond donors (Lipinski definition) is 1. The van der Waals surface area contributed by atoms with Gasteiger partial charge in [-0.25, -0.2) is 12.8 Å². The topological polar surface area (TPSA) is 86.8 Å². The zero-order valence-corrected chi connectivity index (χ0v) is 23.6. The van der Waals surface area contributed by atoms with E-state index < -0.39 is 40.2 Å². The van der Waals surface area contributed by atoms with Crippen molar-refractivity contribution in [2.24, 2.45) is 0 Å². The molecule has 3 aromatic rings. The van der Waals surface area contributed by atoms with Gasteiger partial charge in [-0.2, -0.15) is 0 Å². The summed E-state index contributed by atoms with van der Waals surface area (Å²) < 4.78 is 39.9. The van der Waals surface area contributed by atoms with Gasteiger partial charge < -0.3 is 10.2 Å². The fraction of sp³-hybridized carbons (Fsp3) is 0.231. The summed E-state index contributed by atoms with van der Waals surface area (Å²) in [6.07, 6.45) is 1.07. The van der Waals surface area contributed by atoms with Crippen LogP contribution in [0, 0.1) is 5.82 Å². The average molecular weight is 601 g/mol. The van der Waals surface area contributed by atoms with Crippen molar-refractivity contribution in [3.8, 4) is 0 Å². The molecule has 2 amide bonds. The number of halogens is 4. The van der Waals surface area contributed by atoms with Crippen molar-refractivity contribution >= 4 is 62.3 Å². The maximum Gasteiger partial charge on any atom is 0.244 e. The summed E-state index contributed by atoms with van der Waals surface area (Å²) in [6.45, 7) is -0.782. The normalized spacial score (nSPS) is 12.1. The molecule has 202 valence electrons. The third kappa shape index (κ3) is 7.60. The van der Waals surface area contributed by atoms with E-state index in [2.05, 4.69) is 5.32 Å². The Labute approximate surface area is 236 Å². The summed E-state index contributed by atoms with van der Waals surface area (Å²) in [7, 11) is -2.57. The number of nitrogens with zero attached hydrogens (tertiary/aromatic N) is 2. The Balaban J connectivity index is 2.06. The molecule has 0 unspecified atom stereocenters. The first kappa shape index (κ1) is 29.7. The largest absolute Gasteiger partial charge is 0.357 e. The van der Waals surface area contributed by atoms with Gasteiger partial charge in [0.2, 0.25) is 21.8 Å². The molecule has 0 radical (unpaired) electrons. The Hall–Kier alpha value is -2.85. The van der Waals surface area contributed by atoms with E-state index in [1.165, 1.54) is 24.1 Å². The van der Waals surface area contributed by atoms with Gasteiger partial charge in [0.05, 0.1) is 17.0 Å². The third-order valence-electron chi connectivity index (χ3n) is 5.74. The van der Waals surface area contributed by atoms with E-state index in [9.17, 15) is 22.4 Å². The summed E-state index contributed by atoms with van der Waals surface area (Å²) in [6, 6.07) is 16.1. The first-order chi connectivity index (χ1) is 17.9. The minimum Gasteiger partial charge on any atom is -0.357 e. The van der Waals surface area contributed by atoms with Crippen LogP contribution in [-0.2, 0) is 32.6 Å². The molecule has 3 aromatic carbocycles. The van der Waals surface area contributed by atoms with Gasteiger partial charge in [0.15, 0.2) is 0 Å². The van der Waals surface area contributed by atoms with Gasteiger partial charge in [-0.1, -0.05) is 71.2 Å². The summed E-state index contributed by atoms with van der Waals surface area (Å²) in [4.78, 5) is 28.2. The number of amides is 2. The van der Waals surface area contributed by atoms with Crippen molar-refractivity contribution in [2.75, 3.05) is 24.2 Å². The monoisotopic (exact) mass is 599 g/mol. The Kier molecular flexibility index (Phi) is 10.0. The Bertz CT molecular complexity index is 1420. The van der Waals surface area contributed by atoms with Crippen LogP contribution < -0.4 is 9.62 Å². The van der Waals surface area contributed by atoms with Crippen LogP contribution in [0.5, 0.6) is 0 Å². The highest BCUT2D eigenvalue weighted by atomic mass is 35.5. The predicted octanol–water partition coefficient (Wildman–Crippen LogP) is 4.94. The fourth-order valence-corrected chi connectivity index (χ4v) is 5.29. The van der Waals surface area contributed by atoms with Crippen LogP contribution in [-0.4, -0.2) is 51.0 Å². The Morgan fingerprint density at radius 2 is 1.66 bits per heavy atom. The number of carbonyl (C=O) groups is 2. The highest BCUT2D eigenvalue weighted by Gasteiger charge is 2.33. The number of hydrogen-bond acceptors (Lipinski definition) is 4. The van der Waals surface area contributed by atoms with Crippen molar-refractivity contribution in [3.63, 3.8) is 0 Å². The van der Waals surface area contributed by atoms with E-state index >= 15 is 0 Å². The maximum atomic E-state index is 13.8. The number of rotatable bonds is 10. The molecular formula is C26H25Cl3FN3O4S. The quantitative estimate of drug-likeness (QED) is 0.357. The van der Waals surface area contributed by atoms with Crippen LogP contribution in [0.2, 0.25) is 15.1 Å². The summed E-state index contributed by atoms with van der Waals surface area (Å²) in [5, 5.41) is 2.94. The van der Waals surface area contributed by atoms with Crippen LogP contribution >= 0.6 is 34.8 Å². The van der Waals surface area contributed by atoms with Gasteiger partial charge >= 0.3 is 0 Å². The second kappa shape index (κ2) is 12.8. The van der Waals surface area contributed by atoms with Crippen LogP contribution in [0.25, 0.3) is 0 Å². The van der Waals surface area contributed by atoms with Crippen LogP contribution in [0.1, 0.15) is 11.1 Å². The van der Waals surface area contributed by atoms with Crippen molar-refractivity contribution in [3.05, 3.63) is 98.7 Å². The van der Waals surface area contributed by atoms with Crippen molar-refractivity contribution in [2.45, 2.75) is 19.0 Å². The molecule has 38 heavy (non-hydrogen) atoms. The maximum absolute atomic E-state index is 13.8. The van der Waals surface area contributed by atoms with Gasteiger partial charge in [0.1, 0.15) is 18.4 Å². The molecule has 3 rings (SSSR count). The molecule has 0 heterocycles. The molecule has 7 nitrogen and oxygen atoms in total. The molecule has 1 atom stereocenters. The summed E-state index contributed by atoms with van der Waals surface area (Å²) in [5.74, 6) is -1.88. The second-order valence-electron chi connectivity index (χ2n) is 8.45. The SMILES string of the molecule is CNC(=O)[C@@H](Cc1ccccc1)N(Cc1ccc(Cl)cc1Cl)C(=O)CN(c1ccc(F)c(Cl)c1)S(C)(=O)=O. The number of anilines is 1. The number of nitrogens with one attached hydrogen (secondary N) is 1. The van der Waals surface area contributed by atoms with E-state index in [4.69, 9.17) is 34.8 Å². The molecule has 0 fully saturated rings. The first-order valence-corrected chi connectivity index (χ1v) is 14.3. The van der Waals surface area contributed by atoms with Crippen molar-refractivity contribution < 1.29 is 22.4 Å². The minimum atomic E-state index is -4.01. The zero-order chi connectivity index (χ0) is 28.0. The lowest BCUT2D eigenvalue weighted by Gasteiger charge is -2.33. The summed E-state index contributed by atoms with van der Waals surface area (Å²) in [5.41, 5.74) is 1.28. The van der Waals surface area contributed by atoms with E-state index in [-0.39, 0.29) is 28.7 Å². The number of likely N-dealkylation sites (N-methyl/N-ethyl adjacent to an activating group) is 1. The van der Waals surface area contributed by atoms with Gasteiger partial charge in [0, 0.05) is 30.1 Å². The van der Waals surface area contributed by atoms with Crippen molar-refractivity contribution in [1.29, 1.82) is 0 Å². The van der Waals surface area contributed by atoms with Crippen LogP contribution in [0.4, 0.5) is 10.1 Å². The summed E-state index contributed by atoms with van der Waals surface area (Å²) >= 11 is 18.3. The minimum absolute atomic E-state index is 0.00345.